The van der Waals surface area contributed by atoms with Gasteiger partial charge >= 0.3 is 6.18 Å². The lowest BCUT2D eigenvalue weighted by molar-refractivity contribution is -0.181. The highest BCUT2D eigenvalue weighted by atomic mass is 127. The van der Waals surface area contributed by atoms with Crippen molar-refractivity contribution in [3.8, 4) is 0 Å². The molecule has 5 nitrogen and oxygen atoms in total. The van der Waals surface area contributed by atoms with Crippen molar-refractivity contribution in [3.63, 3.8) is 0 Å². The van der Waals surface area contributed by atoms with Crippen LogP contribution in [0.15, 0.2) is 4.99 Å². The summed E-state index contributed by atoms with van der Waals surface area (Å²) in [5.41, 5.74) is 0. The highest BCUT2D eigenvalue weighted by Gasteiger charge is 2.41. The van der Waals surface area contributed by atoms with Crippen LogP contribution in [0.3, 0.4) is 0 Å². The van der Waals surface area contributed by atoms with Gasteiger partial charge in [0.1, 0.15) is 6.04 Å². The van der Waals surface area contributed by atoms with Gasteiger partial charge in [-0.25, -0.2) is 0 Å². The first-order chi connectivity index (χ1) is 12.8. The summed E-state index contributed by atoms with van der Waals surface area (Å²) in [4.78, 5) is 11.0. The van der Waals surface area contributed by atoms with Gasteiger partial charge in [0, 0.05) is 39.3 Å². The first-order valence-electron chi connectivity index (χ1n) is 10.4. The number of aliphatic imine (C=N–C) groups is 1. The number of rotatable bonds is 6. The fraction of sp³-hybridized carbons (Fsp3) is 0.947. The molecule has 0 amide bonds. The Morgan fingerprint density at radius 1 is 1.07 bits per heavy atom. The quantitative estimate of drug-likeness (QED) is 0.332. The fourth-order valence-corrected chi connectivity index (χ4v) is 3.88. The molecule has 0 aromatic heterocycles. The van der Waals surface area contributed by atoms with Gasteiger partial charge in [0.15, 0.2) is 5.96 Å². The van der Waals surface area contributed by atoms with Crippen molar-refractivity contribution >= 4 is 29.9 Å². The van der Waals surface area contributed by atoms with Gasteiger partial charge in [-0.1, -0.05) is 6.92 Å². The van der Waals surface area contributed by atoms with Gasteiger partial charge in [0.2, 0.25) is 0 Å². The third-order valence-corrected chi connectivity index (χ3v) is 5.72. The van der Waals surface area contributed by atoms with Crippen molar-refractivity contribution in [2.75, 3.05) is 58.9 Å². The van der Waals surface area contributed by atoms with E-state index in [0.717, 1.165) is 32.1 Å². The van der Waals surface area contributed by atoms with E-state index in [1.807, 2.05) is 6.92 Å². The lowest BCUT2D eigenvalue weighted by atomic mass is 9.97. The van der Waals surface area contributed by atoms with E-state index in [9.17, 15) is 13.2 Å². The van der Waals surface area contributed by atoms with Crippen molar-refractivity contribution in [1.82, 2.24) is 20.0 Å². The van der Waals surface area contributed by atoms with E-state index in [4.69, 9.17) is 4.99 Å². The van der Waals surface area contributed by atoms with Gasteiger partial charge in [-0.3, -0.25) is 9.89 Å². The standard InChI is InChI=1S/C19H36F3N5.HI/c1-4-8-25-9-6-17(7-10-25)15-24-18(23-5-2)27-13-11-26(12-14-27)16(3)19(20,21)22;/h16-17H,4-15H2,1-3H3,(H,23,24);1H. The minimum Gasteiger partial charge on any atom is -0.357 e. The summed E-state index contributed by atoms with van der Waals surface area (Å²) in [6.07, 6.45) is -0.598. The van der Waals surface area contributed by atoms with E-state index in [1.54, 1.807) is 0 Å². The van der Waals surface area contributed by atoms with Crippen molar-refractivity contribution < 1.29 is 13.2 Å². The predicted molar refractivity (Wildman–Crippen MR) is 120 cm³/mol. The molecule has 2 aliphatic rings. The Kier molecular flexibility index (Phi) is 11.4. The zero-order chi connectivity index (χ0) is 19.9. The lowest BCUT2D eigenvalue weighted by Gasteiger charge is -2.40. The number of hydrogen-bond acceptors (Lipinski definition) is 3. The molecule has 2 heterocycles. The number of hydrogen-bond donors (Lipinski definition) is 1. The summed E-state index contributed by atoms with van der Waals surface area (Å²) >= 11 is 0. The number of halogens is 4. The van der Waals surface area contributed by atoms with E-state index in [1.165, 1.54) is 37.6 Å². The topological polar surface area (TPSA) is 34.1 Å². The van der Waals surface area contributed by atoms with Crippen molar-refractivity contribution in [2.24, 2.45) is 10.9 Å². The molecule has 0 bridgehead atoms. The van der Waals surface area contributed by atoms with Crippen molar-refractivity contribution in [3.05, 3.63) is 0 Å². The molecule has 0 aromatic rings. The third-order valence-electron chi connectivity index (χ3n) is 5.72. The first kappa shape index (κ1) is 25.7. The monoisotopic (exact) mass is 519 g/mol. The first-order valence-corrected chi connectivity index (χ1v) is 10.4. The lowest BCUT2D eigenvalue weighted by Crippen LogP contribution is -2.56. The molecule has 9 heteroatoms. The van der Waals surface area contributed by atoms with Crippen LogP contribution in [0.2, 0.25) is 0 Å². The molecule has 2 saturated heterocycles. The van der Waals surface area contributed by atoms with Gasteiger partial charge in [-0.05, 0) is 58.7 Å². The number of nitrogens with zero attached hydrogens (tertiary/aromatic N) is 4. The number of alkyl halides is 3. The fourth-order valence-electron chi connectivity index (χ4n) is 3.88. The molecule has 0 spiro atoms. The van der Waals surface area contributed by atoms with Gasteiger partial charge in [-0.2, -0.15) is 13.2 Å². The van der Waals surface area contributed by atoms with Crippen LogP contribution in [0.1, 0.15) is 40.0 Å². The Morgan fingerprint density at radius 3 is 2.18 bits per heavy atom. The molecule has 28 heavy (non-hydrogen) atoms. The highest BCUT2D eigenvalue weighted by molar-refractivity contribution is 14.0. The predicted octanol–water partition coefficient (Wildman–Crippen LogP) is 3.26. The normalized spacial score (nSPS) is 22.1. The van der Waals surface area contributed by atoms with E-state index >= 15 is 0 Å². The Morgan fingerprint density at radius 2 is 1.68 bits per heavy atom. The molecule has 1 unspecified atom stereocenters. The number of piperazine rings is 1. The average molecular weight is 519 g/mol. The van der Waals surface area contributed by atoms with Gasteiger partial charge in [-0.15, -0.1) is 24.0 Å². The van der Waals surface area contributed by atoms with Crippen LogP contribution in [0.4, 0.5) is 13.2 Å². The molecule has 1 N–H and O–H groups in total. The molecule has 2 rings (SSSR count). The molecule has 0 aromatic carbocycles. The molecular weight excluding hydrogens is 482 g/mol. The molecule has 0 radical (unpaired) electrons. The maximum absolute atomic E-state index is 12.9. The van der Waals surface area contributed by atoms with Crippen LogP contribution in [-0.2, 0) is 0 Å². The van der Waals surface area contributed by atoms with Gasteiger partial charge in [0.25, 0.3) is 0 Å². The van der Waals surface area contributed by atoms with Crippen LogP contribution in [0.5, 0.6) is 0 Å². The smallest absolute Gasteiger partial charge is 0.357 e. The summed E-state index contributed by atoms with van der Waals surface area (Å²) < 4.78 is 38.8. The Bertz CT molecular complexity index is 459. The van der Waals surface area contributed by atoms with Crippen LogP contribution in [-0.4, -0.2) is 91.8 Å². The molecule has 0 aliphatic carbocycles. The number of nitrogens with one attached hydrogen (secondary N) is 1. The van der Waals surface area contributed by atoms with Crippen LogP contribution in [0.25, 0.3) is 0 Å². The second kappa shape index (κ2) is 12.4. The molecule has 0 saturated carbocycles. The molecular formula is C19H37F3IN5. The summed E-state index contributed by atoms with van der Waals surface area (Å²) in [5, 5.41) is 3.32. The summed E-state index contributed by atoms with van der Waals surface area (Å²) in [7, 11) is 0. The van der Waals surface area contributed by atoms with E-state index in [-0.39, 0.29) is 24.0 Å². The molecule has 2 aliphatic heterocycles. The third kappa shape index (κ3) is 7.85. The van der Waals surface area contributed by atoms with E-state index in [2.05, 4.69) is 22.0 Å². The minimum atomic E-state index is -4.16. The highest BCUT2D eigenvalue weighted by Crippen LogP contribution is 2.25. The van der Waals surface area contributed by atoms with E-state index < -0.39 is 12.2 Å². The molecule has 166 valence electrons. The summed E-state index contributed by atoms with van der Waals surface area (Å²) in [6, 6.07) is -1.38. The van der Waals surface area contributed by atoms with Crippen LogP contribution >= 0.6 is 24.0 Å². The minimum absolute atomic E-state index is 0. The largest absolute Gasteiger partial charge is 0.403 e. The summed E-state index contributed by atoms with van der Waals surface area (Å²) in [5.74, 6) is 1.46. The molecule has 2 fully saturated rings. The maximum atomic E-state index is 12.9. The van der Waals surface area contributed by atoms with Crippen LogP contribution < -0.4 is 5.32 Å². The second-order valence-electron chi connectivity index (χ2n) is 7.72. The Labute approximate surface area is 185 Å². The number of likely N-dealkylation sites (tertiary alicyclic amines) is 1. The molecule has 1 atom stereocenters. The van der Waals surface area contributed by atoms with Crippen molar-refractivity contribution in [1.29, 1.82) is 0 Å². The number of guanidine groups is 1. The Hall–Kier alpha value is -0.290. The zero-order valence-electron chi connectivity index (χ0n) is 17.5. The average Bonchev–Trinajstić information content (AvgIpc) is 2.65. The SMILES string of the molecule is CCCN1CCC(CN=C(NCC)N2CCN(C(C)C(F)(F)F)CC2)CC1.I. The van der Waals surface area contributed by atoms with Gasteiger partial charge in [0.05, 0.1) is 0 Å². The second-order valence-corrected chi connectivity index (χ2v) is 7.72. The zero-order valence-corrected chi connectivity index (χ0v) is 19.8. The number of piperidine rings is 1. The van der Waals surface area contributed by atoms with E-state index in [0.29, 0.717) is 32.1 Å². The van der Waals surface area contributed by atoms with Gasteiger partial charge < -0.3 is 15.1 Å². The summed E-state index contributed by atoms with van der Waals surface area (Å²) in [6.45, 7) is 12.6. The maximum Gasteiger partial charge on any atom is 0.403 e. The van der Waals surface area contributed by atoms with Crippen LogP contribution in [0, 0.1) is 5.92 Å². The van der Waals surface area contributed by atoms with Crippen molar-refractivity contribution in [2.45, 2.75) is 52.3 Å². The Balaban J connectivity index is 0.00000392.